The van der Waals surface area contributed by atoms with E-state index < -0.39 is 5.82 Å². The fraction of sp³-hybridized carbons (Fsp3) is 0.188. The van der Waals surface area contributed by atoms with Crippen LogP contribution in [0.3, 0.4) is 0 Å². The van der Waals surface area contributed by atoms with Crippen molar-refractivity contribution in [2.45, 2.75) is 12.8 Å². The molecule has 0 bridgehead atoms. The molecule has 3 rings (SSSR count). The third-order valence-corrected chi connectivity index (χ3v) is 3.50. The van der Waals surface area contributed by atoms with Crippen LogP contribution < -0.4 is 4.90 Å². The molecule has 0 amide bonds. The molecule has 0 spiro atoms. The number of nitrogens with zero attached hydrogens (tertiary/aromatic N) is 2. The van der Waals surface area contributed by atoms with Gasteiger partial charge in [0, 0.05) is 12.2 Å². The van der Waals surface area contributed by atoms with Gasteiger partial charge in [0.2, 0.25) is 0 Å². The predicted octanol–water partition coefficient (Wildman–Crippen LogP) is 3.78. The average Bonchev–Trinajstić information content (AvgIpc) is 2.46. The summed E-state index contributed by atoms with van der Waals surface area (Å²) in [5.74, 6) is -0.456. The number of hydrogen-bond acceptors (Lipinski definition) is 2. The molecule has 94 valence electrons. The van der Waals surface area contributed by atoms with Gasteiger partial charge in [0.1, 0.15) is 17.4 Å². The number of fused-ring (bicyclic) bond motifs is 1. The zero-order chi connectivity index (χ0) is 13.2. The molecule has 0 unspecified atom stereocenters. The molecule has 0 aliphatic carbocycles. The Hall–Kier alpha value is -2.34. The Labute approximate surface area is 111 Å². The van der Waals surface area contributed by atoms with E-state index >= 15 is 0 Å². The Bertz CT molecular complexity index is 658. The number of rotatable bonds is 1. The molecule has 0 aromatic heterocycles. The number of benzene rings is 2. The highest BCUT2D eigenvalue weighted by Crippen LogP contribution is 2.35. The van der Waals surface area contributed by atoms with E-state index in [0.717, 1.165) is 25.1 Å². The molecule has 0 saturated heterocycles. The Balaban J connectivity index is 2.15. The van der Waals surface area contributed by atoms with Crippen LogP contribution in [0.1, 0.15) is 17.5 Å². The van der Waals surface area contributed by atoms with Crippen LogP contribution in [0.25, 0.3) is 0 Å². The number of para-hydroxylation sites is 1. The fourth-order valence-electron chi connectivity index (χ4n) is 2.63. The molecular formula is C16H13FN2. The maximum absolute atomic E-state index is 13.7. The van der Waals surface area contributed by atoms with E-state index in [2.05, 4.69) is 6.07 Å². The van der Waals surface area contributed by atoms with Gasteiger partial charge in [-0.3, -0.25) is 0 Å². The Morgan fingerprint density at radius 1 is 1.05 bits per heavy atom. The standard InChI is InChI=1S/C16H13FN2/c17-14-7-3-9-16(13(14)11-18)19-10-4-6-12-5-1-2-8-15(12)19/h1-3,5,7-9H,4,6,10H2. The van der Waals surface area contributed by atoms with Crippen molar-refractivity contribution in [3.05, 3.63) is 59.4 Å². The number of aryl methyl sites for hydroxylation is 1. The molecule has 0 atom stereocenters. The highest BCUT2D eigenvalue weighted by molar-refractivity contribution is 5.72. The highest BCUT2D eigenvalue weighted by atomic mass is 19.1. The second-order valence-electron chi connectivity index (χ2n) is 4.63. The highest BCUT2D eigenvalue weighted by Gasteiger charge is 2.21. The van der Waals surface area contributed by atoms with E-state index in [1.807, 2.05) is 35.2 Å². The minimum Gasteiger partial charge on any atom is -0.340 e. The molecule has 0 radical (unpaired) electrons. The smallest absolute Gasteiger partial charge is 0.143 e. The lowest BCUT2D eigenvalue weighted by atomic mass is 10.00. The molecule has 0 saturated carbocycles. The van der Waals surface area contributed by atoms with E-state index in [1.54, 1.807) is 6.07 Å². The normalized spacial score (nSPS) is 13.8. The maximum atomic E-state index is 13.7. The zero-order valence-corrected chi connectivity index (χ0v) is 10.4. The van der Waals surface area contributed by atoms with Gasteiger partial charge in [0.05, 0.1) is 5.69 Å². The molecule has 1 aliphatic heterocycles. The van der Waals surface area contributed by atoms with E-state index in [9.17, 15) is 4.39 Å². The van der Waals surface area contributed by atoms with E-state index in [-0.39, 0.29) is 5.56 Å². The first-order valence-electron chi connectivity index (χ1n) is 6.35. The molecule has 19 heavy (non-hydrogen) atoms. The molecule has 3 heteroatoms. The summed E-state index contributed by atoms with van der Waals surface area (Å²) in [5.41, 5.74) is 3.12. The fourth-order valence-corrected chi connectivity index (χ4v) is 2.63. The Kier molecular flexibility index (Phi) is 2.92. The van der Waals surface area contributed by atoms with E-state index in [1.165, 1.54) is 11.6 Å². The predicted molar refractivity (Wildman–Crippen MR) is 72.9 cm³/mol. The minimum absolute atomic E-state index is 0.124. The quantitative estimate of drug-likeness (QED) is 0.772. The Morgan fingerprint density at radius 2 is 1.84 bits per heavy atom. The first-order valence-corrected chi connectivity index (χ1v) is 6.35. The zero-order valence-electron chi connectivity index (χ0n) is 10.4. The third kappa shape index (κ3) is 1.96. The second kappa shape index (κ2) is 4.74. The summed E-state index contributed by atoms with van der Waals surface area (Å²) in [6.45, 7) is 0.815. The maximum Gasteiger partial charge on any atom is 0.143 e. The first kappa shape index (κ1) is 11.7. The number of hydrogen-bond donors (Lipinski definition) is 0. The van der Waals surface area contributed by atoms with Crippen molar-refractivity contribution in [2.75, 3.05) is 11.4 Å². The van der Waals surface area contributed by atoms with Crippen molar-refractivity contribution in [1.29, 1.82) is 5.26 Å². The first-order chi connectivity index (χ1) is 9.31. The largest absolute Gasteiger partial charge is 0.340 e. The summed E-state index contributed by atoms with van der Waals surface area (Å²) < 4.78 is 13.7. The van der Waals surface area contributed by atoms with Crippen molar-refractivity contribution in [1.82, 2.24) is 0 Å². The Morgan fingerprint density at radius 3 is 2.68 bits per heavy atom. The van der Waals surface area contributed by atoms with E-state index in [4.69, 9.17) is 5.26 Å². The van der Waals surface area contributed by atoms with Gasteiger partial charge >= 0.3 is 0 Å². The third-order valence-electron chi connectivity index (χ3n) is 3.50. The SMILES string of the molecule is N#Cc1c(F)cccc1N1CCCc2ccccc21. The van der Waals surface area contributed by atoms with Crippen molar-refractivity contribution in [2.24, 2.45) is 0 Å². The van der Waals surface area contributed by atoms with Gasteiger partial charge in [-0.2, -0.15) is 5.26 Å². The molecule has 2 nitrogen and oxygen atoms in total. The molecule has 2 aromatic rings. The van der Waals surface area contributed by atoms with Gasteiger partial charge in [-0.05, 0) is 36.6 Å². The topological polar surface area (TPSA) is 27.0 Å². The number of nitriles is 1. The summed E-state index contributed by atoms with van der Waals surface area (Å²) in [6, 6.07) is 14.9. The lowest BCUT2D eigenvalue weighted by Crippen LogP contribution is -2.25. The van der Waals surface area contributed by atoms with Gasteiger partial charge < -0.3 is 4.90 Å². The van der Waals surface area contributed by atoms with Crippen LogP contribution in [0.2, 0.25) is 0 Å². The van der Waals surface area contributed by atoms with Crippen LogP contribution in [-0.2, 0) is 6.42 Å². The molecule has 0 N–H and O–H groups in total. The van der Waals surface area contributed by atoms with Gasteiger partial charge in [-0.1, -0.05) is 24.3 Å². The van der Waals surface area contributed by atoms with Gasteiger partial charge in [-0.25, -0.2) is 4.39 Å². The van der Waals surface area contributed by atoms with Crippen LogP contribution >= 0.6 is 0 Å². The van der Waals surface area contributed by atoms with E-state index in [0.29, 0.717) is 5.69 Å². The van der Waals surface area contributed by atoms with Gasteiger partial charge in [0.15, 0.2) is 0 Å². The molecular weight excluding hydrogens is 239 g/mol. The lowest BCUT2D eigenvalue weighted by molar-refractivity contribution is 0.623. The van der Waals surface area contributed by atoms with Crippen LogP contribution in [0.4, 0.5) is 15.8 Å². The molecule has 2 aromatic carbocycles. The molecule has 1 aliphatic rings. The molecule has 0 fully saturated rings. The average molecular weight is 252 g/mol. The lowest BCUT2D eigenvalue weighted by Gasteiger charge is -2.31. The number of halogens is 1. The van der Waals surface area contributed by atoms with Crippen molar-refractivity contribution in [3.8, 4) is 6.07 Å². The van der Waals surface area contributed by atoms with Crippen LogP contribution in [0.15, 0.2) is 42.5 Å². The summed E-state index contributed by atoms with van der Waals surface area (Å²) in [4.78, 5) is 2.04. The van der Waals surface area contributed by atoms with Crippen LogP contribution in [0.5, 0.6) is 0 Å². The monoisotopic (exact) mass is 252 g/mol. The number of anilines is 2. The summed E-state index contributed by atoms with van der Waals surface area (Å²) >= 11 is 0. The van der Waals surface area contributed by atoms with Crippen molar-refractivity contribution >= 4 is 11.4 Å². The van der Waals surface area contributed by atoms with Gasteiger partial charge in [0.25, 0.3) is 0 Å². The van der Waals surface area contributed by atoms with Crippen LogP contribution in [0, 0.1) is 17.1 Å². The van der Waals surface area contributed by atoms with Crippen LogP contribution in [-0.4, -0.2) is 6.54 Å². The second-order valence-corrected chi connectivity index (χ2v) is 4.63. The minimum atomic E-state index is -0.456. The summed E-state index contributed by atoms with van der Waals surface area (Å²) in [6.07, 6.45) is 2.04. The van der Waals surface area contributed by atoms with Crippen molar-refractivity contribution < 1.29 is 4.39 Å². The summed E-state index contributed by atoms with van der Waals surface area (Å²) in [5, 5.41) is 9.16. The van der Waals surface area contributed by atoms with Crippen molar-refractivity contribution in [3.63, 3.8) is 0 Å². The summed E-state index contributed by atoms with van der Waals surface area (Å²) in [7, 11) is 0. The van der Waals surface area contributed by atoms with Gasteiger partial charge in [-0.15, -0.1) is 0 Å². The molecule has 1 heterocycles.